The van der Waals surface area contributed by atoms with Gasteiger partial charge in [-0.05, 0) is 19.1 Å². The summed E-state index contributed by atoms with van der Waals surface area (Å²) in [6, 6.07) is 3.34. The van der Waals surface area contributed by atoms with Gasteiger partial charge in [-0.2, -0.15) is 0 Å². The first kappa shape index (κ1) is 12.1. The van der Waals surface area contributed by atoms with Crippen molar-refractivity contribution in [3.63, 3.8) is 0 Å². The standard InChI is InChI=1S/C12H13N3O3/c1-8-7-15-5-3-9(6-10(15)14-8)12(18)13-4-2-11(16)17/h3,5-7H,2,4H2,1H3,(H,13,18)(H,16,17). The number of carboxylic acids is 1. The monoisotopic (exact) mass is 247 g/mol. The van der Waals surface area contributed by atoms with Crippen LogP contribution in [0.1, 0.15) is 22.5 Å². The van der Waals surface area contributed by atoms with Crippen molar-refractivity contribution in [1.29, 1.82) is 0 Å². The third-order valence-electron chi connectivity index (χ3n) is 2.47. The summed E-state index contributed by atoms with van der Waals surface area (Å²) in [6.45, 7) is 1.99. The van der Waals surface area contributed by atoms with Crippen LogP contribution in [0.5, 0.6) is 0 Å². The van der Waals surface area contributed by atoms with Crippen molar-refractivity contribution >= 4 is 17.5 Å². The highest BCUT2D eigenvalue weighted by Gasteiger charge is 2.07. The Kier molecular flexibility index (Phi) is 3.27. The molecule has 0 bridgehead atoms. The number of amides is 1. The summed E-state index contributed by atoms with van der Waals surface area (Å²) >= 11 is 0. The quantitative estimate of drug-likeness (QED) is 0.838. The van der Waals surface area contributed by atoms with E-state index in [1.54, 1.807) is 18.3 Å². The van der Waals surface area contributed by atoms with Crippen molar-refractivity contribution in [2.24, 2.45) is 0 Å². The molecule has 6 nitrogen and oxygen atoms in total. The van der Waals surface area contributed by atoms with E-state index in [2.05, 4.69) is 10.3 Å². The molecule has 0 aromatic carbocycles. The molecule has 0 aliphatic heterocycles. The molecule has 0 atom stereocenters. The maximum absolute atomic E-state index is 11.7. The topological polar surface area (TPSA) is 83.7 Å². The van der Waals surface area contributed by atoms with E-state index in [0.29, 0.717) is 11.2 Å². The Morgan fingerprint density at radius 1 is 1.50 bits per heavy atom. The Morgan fingerprint density at radius 2 is 2.28 bits per heavy atom. The smallest absolute Gasteiger partial charge is 0.305 e. The van der Waals surface area contributed by atoms with Gasteiger partial charge in [0.15, 0.2) is 0 Å². The average Bonchev–Trinajstić information content (AvgIpc) is 2.67. The molecule has 0 unspecified atom stereocenters. The number of carbonyl (C=O) groups excluding carboxylic acids is 1. The lowest BCUT2D eigenvalue weighted by atomic mass is 10.2. The molecule has 2 rings (SSSR count). The number of nitrogens with one attached hydrogen (secondary N) is 1. The summed E-state index contributed by atoms with van der Waals surface area (Å²) < 4.78 is 1.82. The minimum Gasteiger partial charge on any atom is -0.481 e. The Morgan fingerprint density at radius 3 is 3.00 bits per heavy atom. The van der Waals surface area contributed by atoms with Gasteiger partial charge in [0.2, 0.25) is 0 Å². The van der Waals surface area contributed by atoms with Crippen molar-refractivity contribution in [3.05, 3.63) is 35.8 Å². The van der Waals surface area contributed by atoms with Crippen LogP contribution in [0, 0.1) is 6.92 Å². The van der Waals surface area contributed by atoms with Crippen molar-refractivity contribution < 1.29 is 14.7 Å². The van der Waals surface area contributed by atoms with E-state index in [1.165, 1.54) is 0 Å². The predicted octanol–water partition coefficient (Wildman–Crippen LogP) is 0.847. The van der Waals surface area contributed by atoms with Crippen LogP contribution in [0.25, 0.3) is 5.65 Å². The SMILES string of the molecule is Cc1cn2ccc(C(=O)NCCC(=O)O)cc2n1. The maximum Gasteiger partial charge on any atom is 0.305 e. The molecule has 2 N–H and O–H groups in total. The second kappa shape index (κ2) is 4.87. The molecule has 0 saturated carbocycles. The highest BCUT2D eigenvalue weighted by molar-refractivity contribution is 5.95. The molecule has 2 aromatic heterocycles. The highest BCUT2D eigenvalue weighted by Crippen LogP contribution is 2.07. The van der Waals surface area contributed by atoms with Gasteiger partial charge >= 0.3 is 5.97 Å². The number of hydrogen-bond acceptors (Lipinski definition) is 3. The lowest BCUT2D eigenvalue weighted by molar-refractivity contribution is -0.136. The summed E-state index contributed by atoms with van der Waals surface area (Å²) in [5, 5.41) is 11.0. The van der Waals surface area contributed by atoms with Gasteiger partial charge in [-0.3, -0.25) is 9.59 Å². The van der Waals surface area contributed by atoms with Crippen LogP contribution < -0.4 is 5.32 Å². The van der Waals surface area contributed by atoms with Crippen LogP contribution in [0.3, 0.4) is 0 Å². The summed E-state index contributed by atoms with van der Waals surface area (Å²) in [5.74, 6) is -1.23. The predicted molar refractivity (Wildman–Crippen MR) is 64.5 cm³/mol. The van der Waals surface area contributed by atoms with Crippen molar-refractivity contribution in [1.82, 2.24) is 14.7 Å². The number of pyridine rings is 1. The third kappa shape index (κ3) is 2.65. The number of aryl methyl sites for hydroxylation is 1. The van der Waals surface area contributed by atoms with Gasteiger partial charge in [0.05, 0.1) is 12.1 Å². The van der Waals surface area contributed by atoms with Gasteiger partial charge in [0, 0.05) is 24.5 Å². The van der Waals surface area contributed by atoms with Crippen LogP contribution in [-0.4, -0.2) is 32.9 Å². The minimum absolute atomic E-state index is 0.0868. The summed E-state index contributed by atoms with van der Waals surface area (Å²) in [6.07, 6.45) is 3.53. The van der Waals surface area contributed by atoms with Crippen LogP contribution in [-0.2, 0) is 4.79 Å². The molecule has 18 heavy (non-hydrogen) atoms. The Bertz CT molecular complexity index is 604. The largest absolute Gasteiger partial charge is 0.481 e. The Balaban J connectivity index is 2.10. The van der Waals surface area contributed by atoms with Crippen LogP contribution >= 0.6 is 0 Å². The average molecular weight is 247 g/mol. The zero-order valence-electron chi connectivity index (χ0n) is 9.88. The zero-order valence-corrected chi connectivity index (χ0v) is 9.88. The molecule has 6 heteroatoms. The molecule has 1 amide bonds. The molecule has 2 heterocycles. The van der Waals surface area contributed by atoms with E-state index in [-0.39, 0.29) is 18.9 Å². The second-order valence-corrected chi connectivity index (χ2v) is 3.96. The zero-order chi connectivity index (χ0) is 13.1. The number of rotatable bonds is 4. The second-order valence-electron chi connectivity index (χ2n) is 3.96. The van der Waals surface area contributed by atoms with Crippen molar-refractivity contribution in [2.75, 3.05) is 6.54 Å². The maximum atomic E-state index is 11.7. The summed E-state index contributed by atoms with van der Waals surface area (Å²) in [7, 11) is 0. The number of aromatic nitrogens is 2. The lowest BCUT2D eigenvalue weighted by Crippen LogP contribution is -2.26. The first-order valence-electron chi connectivity index (χ1n) is 5.51. The van der Waals surface area contributed by atoms with Gasteiger partial charge in [-0.15, -0.1) is 0 Å². The fourth-order valence-electron chi connectivity index (χ4n) is 1.63. The fourth-order valence-corrected chi connectivity index (χ4v) is 1.63. The highest BCUT2D eigenvalue weighted by atomic mass is 16.4. The van der Waals surface area contributed by atoms with Crippen LogP contribution in [0.4, 0.5) is 0 Å². The third-order valence-corrected chi connectivity index (χ3v) is 2.47. The van der Waals surface area contributed by atoms with Crippen molar-refractivity contribution in [2.45, 2.75) is 13.3 Å². The number of hydrogen-bond donors (Lipinski definition) is 2. The van der Waals surface area contributed by atoms with E-state index in [4.69, 9.17) is 5.11 Å². The number of aliphatic carboxylic acids is 1. The summed E-state index contributed by atoms with van der Waals surface area (Å²) in [5.41, 5.74) is 2.04. The fraction of sp³-hybridized carbons (Fsp3) is 0.250. The molecular weight excluding hydrogens is 234 g/mol. The van der Waals surface area contributed by atoms with Crippen molar-refractivity contribution in [3.8, 4) is 0 Å². The Hall–Kier alpha value is -2.37. The molecule has 94 valence electrons. The van der Waals surface area contributed by atoms with Gasteiger partial charge in [0.25, 0.3) is 5.91 Å². The number of fused-ring (bicyclic) bond motifs is 1. The number of nitrogens with zero attached hydrogens (tertiary/aromatic N) is 2. The molecular formula is C12H13N3O3. The van der Waals surface area contributed by atoms with Crippen LogP contribution in [0.15, 0.2) is 24.5 Å². The normalized spacial score (nSPS) is 10.5. The van der Waals surface area contributed by atoms with Gasteiger partial charge in [-0.25, -0.2) is 4.98 Å². The number of imidazole rings is 1. The van der Waals surface area contributed by atoms with E-state index in [1.807, 2.05) is 17.5 Å². The van der Waals surface area contributed by atoms with Gasteiger partial charge in [-0.1, -0.05) is 0 Å². The molecule has 2 aromatic rings. The molecule has 0 spiro atoms. The lowest BCUT2D eigenvalue weighted by Gasteiger charge is -2.03. The van der Waals surface area contributed by atoms with E-state index >= 15 is 0 Å². The summed E-state index contributed by atoms with van der Waals surface area (Å²) in [4.78, 5) is 26.3. The molecule has 0 aliphatic carbocycles. The van der Waals surface area contributed by atoms with Gasteiger partial charge < -0.3 is 14.8 Å². The van der Waals surface area contributed by atoms with E-state index < -0.39 is 5.97 Å². The minimum atomic E-state index is -0.936. The van der Waals surface area contributed by atoms with Gasteiger partial charge in [0.1, 0.15) is 5.65 Å². The molecule has 0 aliphatic rings. The number of carbonyl (C=O) groups is 2. The van der Waals surface area contributed by atoms with Crippen LogP contribution in [0.2, 0.25) is 0 Å². The van der Waals surface area contributed by atoms with E-state index in [9.17, 15) is 9.59 Å². The first-order chi connectivity index (χ1) is 8.56. The Labute approximate surface area is 103 Å². The molecule has 0 saturated heterocycles. The number of carboxylic acid groups (broad SMARTS) is 1. The molecule has 0 fully saturated rings. The molecule has 0 radical (unpaired) electrons. The van der Waals surface area contributed by atoms with E-state index in [0.717, 1.165) is 5.69 Å². The first-order valence-corrected chi connectivity index (χ1v) is 5.51.